The quantitative estimate of drug-likeness (QED) is 0.684. The molecule has 0 aromatic carbocycles. The number of rotatable bonds is 3. The van der Waals surface area contributed by atoms with E-state index in [4.69, 9.17) is 4.74 Å². The lowest BCUT2D eigenvalue weighted by Crippen LogP contribution is -2.20. The Morgan fingerprint density at radius 2 is 2.00 bits per heavy atom. The number of carbonyl (C=O) groups is 2. The highest BCUT2D eigenvalue weighted by Gasteiger charge is 2.15. The highest BCUT2D eigenvalue weighted by Crippen LogP contribution is 2.21. The predicted octanol–water partition coefficient (Wildman–Crippen LogP) is 3.60. The summed E-state index contributed by atoms with van der Waals surface area (Å²) in [4.78, 5) is 26.5. The average Bonchev–Trinajstić information content (AvgIpc) is 2.57. The molecular weight excluding hydrogens is 280 g/mol. The maximum absolute atomic E-state index is 11.2. The molecule has 0 fully saturated rings. The van der Waals surface area contributed by atoms with Gasteiger partial charge in [-0.05, 0) is 36.6 Å². The number of fused-ring (bicyclic) bond motifs is 1. The highest BCUT2D eigenvalue weighted by molar-refractivity contribution is 5.93. The van der Waals surface area contributed by atoms with Gasteiger partial charge >= 0.3 is 5.97 Å². The van der Waals surface area contributed by atoms with Gasteiger partial charge in [-0.1, -0.05) is 27.7 Å². The Labute approximate surface area is 132 Å². The van der Waals surface area contributed by atoms with Crippen molar-refractivity contribution in [1.29, 1.82) is 0 Å². The second kappa shape index (κ2) is 11.5. The third kappa shape index (κ3) is 6.52. The number of nitrogens with one attached hydrogen (secondary N) is 1. The van der Waals surface area contributed by atoms with Crippen molar-refractivity contribution in [1.82, 2.24) is 4.98 Å². The van der Waals surface area contributed by atoms with E-state index in [1.807, 2.05) is 33.8 Å². The van der Waals surface area contributed by atoms with Gasteiger partial charge in [-0.2, -0.15) is 0 Å². The predicted molar refractivity (Wildman–Crippen MR) is 89.6 cm³/mol. The molecule has 1 N–H and O–H groups in total. The van der Waals surface area contributed by atoms with Crippen molar-refractivity contribution in [2.75, 3.05) is 11.9 Å². The first-order valence-electron chi connectivity index (χ1n) is 7.82. The number of anilines is 1. The van der Waals surface area contributed by atoms with Crippen molar-refractivity contribution in [2.24, 2.45) is 0 Å². The van der Waals surface area contributed by atoms with Crippen LogP contribution in [0.4, 0.5) is 5.82 Å². The second-order valence-corrected chi connectivity index (χ2v) is 3.91. The Morgan fingerprint density at radius 1 is 1.32 bits per heavy atom. The molecule has 5 heteroatoms. The Bertz CT molecular complexity index is 511. The molecule has 122 valence electrons. The van der Waals surface area contributed by atoms with Crippen LogP contribution in [0, 0.1) is 0 Å². The molecule has 1 aliphatic rings. The standard InChI is InChI=1S/C13H14N2O3.2C2H6/c1-2-18-12(17)6-3-9-7-10-4-5-11(16)15-13(10)14-8-9;2*1-2/h3,6-8H,2,4-5H2,1H3,(H,14,15,16);2*1-2H3/b6-3+;;. The highest BCUT2D eigenvalue weighted by atomic mass is 16.5. The normalized spacial score (nSPS) is 12.1. The Morgan fingerprint density at radius 3 is 2.64 bits per heavy atom. The number of hydrogen-bond donors (Lipinski definition) is 1. The van der Waals surface area contributed by atoms with Crippen LogP contribution >= 0.6 is 0 Å². The van der Waals surface area contributed by atoms with Gasteiger partial charge in [-0.25, -0.2) is 9.78 Å². The molecule has 0 saturated heterocycles. The number of amides is 1. The zero-order valence-electron chi connectivity index (χ0n) is 14.1. The molecule has 0 saturated carbocycles. The zero-order valence-corrected chi connectivity index (χ0v) is 14.1. The maximum Gasteiger partial charge on any atom is 0.330 e. The van der Waals surface area contributed by atoms with Crippen LogP contribution in [0.5, 0.6) is 0 Å². The van der Waals surface area contributed by atoms with Gasteiger partial charge in [0.2, 0.25) is 5.91 Å². The molecule has 0 aliphatic carbocycles. The van der Waals surface area contributed by atoms with E-state index in [1.165, 1.54) is 6.08 Å². The first-order chi connectivity index (χ1) is 10.7. The van der Waals surface area contributed by atoms with Crippen LogP contribution in [0.25, 0.3) is 6.08 Å². The molecule has 1 aromatic heterocycles. The fourth-order valence-corrected chi connectivity index (χ4v) is 1.72. The van der Waals surface area contributed by atoms with Crippen molar-refractivity contribution in [2.45, 2.75) is 47.5 Å². The molecule has 0 bridgehead atoms. The molecule has 0 spiro atoms. The average molecular weight is 306 g/mol. The number of hydrogen-bond acceptors (Lipinski definition) is 4. The maximum atomic E-state index is 11.2. The summed E-state index contributed by atoms with van der Waals surface area (Å²) in [7, 11) is 0. The molecule has 0 atom stereocenters. The van der Waals surface area contributed by atoms with E-state index in [0.29, 0.717) is 25.3 Å². The van der Waals surface area contributed by atoms with E-state index in [0.717, 1.165) is 11.1 Å². The topological polar surface area (TPSA) is 68.3 Å². The largest absolute Gasteiger partial charge is 0.463 e. The summed E-state index contributed by atoms with van der Waals surface area (Å²) in [5, 5.41) is 2.71. The minimum Gasteiger partial charge on any atom is -0.463 e. The van der Waals surface area contributed by atoms with E-state index in [9.17, 15) is 9.59 Å². The Kier molecular flexibility index (Phi) is 10.4. The molecule has 1 amide bonds. The van der Waals surface area contributed by atoms with Crippen molar-refractivity contribution >= 4 is 23.8 Å². The molecule has 1 aromatic rings. The van der Waals surface area contributed by atoms with Crippen molar-refractivity contribution < 1.29 is 14.3 Å². The smallest absolute Gasteiger partial charge is 0.330 e. The van der Waals surface area contributed by atoms with Gasteiger partial charge in [0.15, 0.2) is 0 Å². The summed E-state index contributed by atoms with van der Waals surface area (Å²) in [6.07, 6.45) is 5.78. The fourth-order valence-electron chi connectivity index (χ4n) is 1.72. The van der Waals surface area contributed by atoms with Crippen LogP contribution in [-0.2, 0) is 20.7 Å². The Balaban J connectivity index is 0.00000102. The molecule has 5 nitrogen and oxygen atoms in total. The summed E-state index contributed by atoms with van der Waals surface area (Å²) >= 11 is 0. The lowest BCUT2D eigenvalue weighted by molar-refractivity contribution is -0.137. The van der Waals surface area contributed by atoms with Gasteiger partial charge in [0.25, 0.3) is 0 Å². The molecule has 2 heterocycles. The van der Waals surface area contributed by atoms with E-state index < -0.39 is 0 Å². The van der Waals surface area contributed by atoms with Crippen LogP contribution in [0.15, 0.2) is 18.3 Å². The first-order valence-corrected chi connectivity index (χ1v) is 7.82. The zero-order chi connectivity index (χ0) is 17.0. The number of carbonyl (C=O) groups excluding carboxylic acids is 2. The SMILES string of the molecule is CC.CC.CCOC(=O)/C=C/c1cnc2c(c1)CCC(=O)N2. The summed E-state index contributed by atoms with van der Waals surface area (Å²) < 4.78 is 4.79. The summed E-state index contributed by atoms with van der Waals surface area (Å²) in [5.41, 5.74) is 1.80. The minimum atomic E-state index is -0.372. The Hall–Kier alpha value is -2.17. The van der Waals surface area contributed by atoms with E-state index in [-0.39, 0.29) is 11.9 Å². The summed E-state index contributed by atoms with van der Waals surface area (Å²) in [6.45, 7) is 10.1. The lowest BCUT2D eigenvalue weighted by Gasteiger charge is -2.15. The van der Waals surface area contributed by atoms with E-state index in [1.54, 1.807) is 19.2 Å². The molecule has 2 rings (SSSR count). The number of esters is 1. The van der Waals surface area contributed by atoms with Gasteiger partial charge in [-0.15, -0.1) is 0 Å². The fraction of sp³-hybridized carbons (Fsp3) is 0.471. The molecule has 0 unspecified atom stereocenters. The van der Waals surface area contributed by atoms with Gasteiger partial charge in [0, 0.05) is 18.7 Å². The third-order valence-corrected chi connectivity index (χ3v) is 2.57. The number of ether oxygens (including phenoxy) is 1. The van der Waals surface area contributed by atoms with Crippen LogP contribution in [0.1, 0.15) is 52.2 Å². The number of aryl methyl sites for hydroxylation is 1. The van der Waals surface area contributed by atoms with Gasteiger partial charge in [-0.3, -0.25) is 4.79 Å². The monoisotopic (exact) mass is 306 g/mol. The third-order valence-electron chi connectivity index (χ3n) is 2.57. The molecule has 0 radical (unpaired) electrons. The summed E-state index contributed by atoms with van der Waals surface area (Å²) in [5.74, 6) is 0.230. The van der Waals surface area contributed by atoms with Gasteiger partial charge in [0.05, 0.1) is 6.61 Å². The van der Waals surface area contributed by atoms with Crippen molar-refractivity contribution in [3.05, 3.63) is 29.5 Å². The van der Waals surface area contributed by atoms with E-state index >= 15 is 0 Å². The number of pyridine rings is 1. The van der Waals surface area contributed by atoms with Crippen LogP contribution in [0.3, 0.4) is 0 Å². The van der Waals surface area contributed by atoms with E-state index in [2.05, 4.69) is 10.3 Å². The van der Waals surface area contributed by atoms with Crippen molar-refractivity contribution in [3.8, 4) is 0 Å². The van der Waals surface area contributed by atoms with Gasteiger partial charge < -0.3 is 10.1 Å². The van der Waals surface area contributed by atoms with Crippen LogP contribution in [-0.4, -0.2) is 23.5 Å². The summed E-state index contributed by atoms with van der Waals surface area (Å²) in [6, 6.07) is 1.91. The van der Waals surface area contributed by atoms with Crippen molar-refractivity contribution in [3.63, 3.8) is 0 Å². The minimum absolute atomic E-state index is 0.00943. The second-order valence-electron chi connectivity index (χ2n) is 3.91. The first kappa shape index (κ1) is 19.8. The van der Waals surface area contributed by atoms with Gasteiger partial charge in [0.1, 0.15) is 5.82 Å². The molecular formula is C17H26N2O3. The number of nitrogens with zero attached hydrogens (tertiary/aromatic N) is 1. The number of aromatic nitrogens is 1. The lowest BCUT2D eigenvalue weighted by atomic mass is 10.0. The van der Waals surface area contributed by atoms with Crippen LogP contribution < -0.4 is 5.32 Å². The van der Waals surface area contributed by atoms with Crippen LogP contribution in [0.2, 0.25) is 0 Å². The molecule has 22 heavy (non-hydrogen) atoms. The molecule has 1 aliphatic heterocycles.